The van der Waals surface area contributed by atoms with Crippen LogP contribution >= 0.6 is 0 Å². The Kier molecular flexibility index (Phi) is 10.0. The zero-order chi connectivity index (χ0) is 29.2. The number of fused-ring (bicyclic) bond motifs is 1. The van der Waals surface area contributed by atoms with Crippen molar-refractivity contribution in [1.29, 1.82) is 0 Å². The van der Waals surface area contributed by atoms with Crippen molar-refractivity contribution in [2.75, 3.05) is 19.6 Å². The summed E-state index contributed by atoms with van der Waals surface area (Å²) < 4.78 is 0. The number of aliphatic imine (C=N–C) groups is 1. The Morgan fingerprint density at radius 1 is 1.05 bits per heavy atom. The number of piperidine rings is 1. The molecule has 2 aliphatic rings. The number of H-pyrrole nitrogens is 2. The quantitative estimate of drug-likeness (QED) is 0.172. The molecule has 2 aromatic heterocycles. The first-order chi connectivity index (χ1) is 20.5. The zero-order valence-corrected chi connectivity index (χ0v) is 24.7. The first-order valence-corrected chi connectivity index (χ1v) is 15.5. The number of carbonyl (C=O) groups excluding carboxylic acids is 1. The Balaban J connectivity index is 0.000000295. The van der Waals surface area contributed by atoms with Gasteiger partial charge in [-0.3, -0.25) is 14.6 Å². The van der Waals surface area contributed by atoms with Crippen molar-refractivity contribution in [3.05, 3.63) is 100 Å². The highest BCUT2D eigenvalue weighted by Crippen LogP contribution is 2.39. The second kappa shape index (κ2) is 14.3. The number of nitrogens with one attached hydrogen (secondary N) is 2. The van der Waals surface area contributed by atoms with E-state index in [-0.39, 0.29) is 22.4 Å². The lowest BCUT2D eigenvalue weighted by Crippen LogP contribution is -2.46. The molecule has 1 aliphatic carbocycles. The minimum absolute atomic E-state index is 0.0322. The van der Waals surface area contributed by atoms with Gasteiger partial charge in [-0.1, -0.05) is 68.1 Å². The summed E-state index contributed by atoms with van der Waals surface area (Å²) >= 11 is 0. The van der Waals surface area contributed by atoms with E-state index in [0.717, 1.165) is 55.0 Å². The SMILES string of the molecule is Cc1nc2ccccc2[nH]1.O=C(c1ccc[nH]c1=O)N1CCC(CCN=CCCCC2CCC2)(c2ccccc2)CC1. The van der Waals surface area contributed by atoms with Gasteiger partial charge >= 0.3 is 0 Å². The normalized spacial score (nSPS) is 16.6. The first-order valence-electron chi connectivity index (χ1n) is 15.5. The molecule has 1 amide bonds. The summed E-state index contributed by atoms with van der Waals surface area (Å²) in [5.41, 5.74) is 3.44. The van der Waals surface area contributed by atoms with Crippen LogP contribution in [0, 0.1) is 12.8 Å². The highest BCUT2D eigenvalue weighted by molar-refractivity contribution is 5.93. The third-order valence-electron chi connectivity index (χ3n) is 8.97. The number of unbranched alkanes of at least 4 members (excludes halogenated alkanes) is 1. The number of aromatic nitrogens is 3. The molecule has 2 aromatic carbocycles. The Morgan fingerprint density at radius 2 is 1.81 bits per heavy atom. The van der Waals surface area contributed by atoms with Gasteiger partial charge in [-0.15, -0.1) is 0 Å². The van der Waals surface area contributed by atoms with E-state index < -0.39 is 0 Å². The molecule has 7 nitrogen and oxygen atoms in total. The monoisotopic (exact) mass is 565 g/mol. The van der Waals surface area contributed by atoms with Crippen LogP contribution in [0.5, 0.6) is 0 Å². The van der Waals surface area contributed by atoms with Gasteiger partial charge in [0.05, 0.1) is 11.0 Å². The van der Waals surface area contributed by atoms with Crippen LogP contribution in [0.3, 0.4) is 0 Å². The van der Waals surface area contributed by atoms with Crippen LogP contribution in [0.25, 0.3) is 11.0 Å². The fraction of sp³-hybridized carbons (Fsp3) is 0.429. The van der Waals surface area contributed by atoms with Crippen molar-refractivity contribution in [2.24, 2.45) is 10.9 Å². The second-order valence-corrected chi connectivity index (χ2v) is 11.8. The number of nitrogens with zero attached hydrogens (tertiary/aromatic N) is 3. The molecule has 0 bridgehead atoms. The van der Waals surface area contributed by atoms with E-state index in [2.05, 4.69) is 51.5 Å². The van der Waals surface area contributed by atoms with Gasteiger partial charge < -0.3 is 14.9 Å². The summed E-state index contributed by atoms with van der Waals surface area (Å²) in [6.07, 6.45) is 14.4. The van der Waals surface area contributed by atoms with Gasteiger partial charge in [0, 0.05) is 31.2 Å². The molecule has 0 atom stereocenters. The average Bonchev–Trinajstić information content (AvgIpc) is 3.39. The number of aromatic amines is 2. The molecule has 1 saturated carbocycles. The van der Waals surface area contributed by atoms with Crippen LogP contribution in [0.2, 0.25) is 0 Å². The van der Waals surface area contributed by atoms with Gasteiger partial charge in [-0.05, 0) is 81.0 Å². The third kappa shape index (κ3) is 7.44. The van der Waals surface area contributed by atoms with E-state index in [4.69, 9.17) is 4.99 Å². The molecule has 0 radical (unpaired) electrons. The Labute approximate surface area is 248 Å². The van der Waals surface area contributed by atoms with Gasteiger partial charge in [0.2, 0.25) is 0 Å². The van der Waals surface area contributed by atoms with Crippen LogP contribution < -0.4 is 5.56 Å². The Hall–Kier alpha value is -4.00. The van der Waals surface area contributed by atoms with Crippen LogP contribution in [-0.2, 0) is 5.41 Å². The number of hydrogen-bond donors (Lipinski definition) is 2. The van der Waals surface area contributed by atoms with E-state index in [1.54, 1.807) is 18.3 Å². The number of benzene rings is 2. The lowest BCUT2D eigenvalue weighted by molar-refractivity contribution is 0.0659. The van der Waals surface area contributed by atoms with Crippen LogP contribution in [0.15, 0.2) is 82.7 Å². The summed E-state index contributed by atoms with van der Waals surface area (Å²) in [5, 5.41) is 0. The van der Waals surface area contributed by atoms with Crippen LogP contribution in [0.4, 0.5) is 0 Å². The minimum atomic E-state index is -0.316. The molecule has 1 saturated heterocycles. The van der Waals surface area contributed by atoms with Crippen molar-refractivity contribution in [3.8, 4) is 0 Å². The highest BCUT2D eigenvalue weighted by atomic mass is 16.2. The van der Waals surface area contributed by atoms with Gasteiger partial charge in [0.1, 0.15) is 11.4 Å². The Bertz CT molecular complexity index is 1480. The standard InChI is InChI=1S/C27H35N3O2.C8H8N2/c31-25-24(13-7-18-29-25)26(32)30-20-15-27(16-21-30,23-11-2-1-3-12-23)14-19-28-17-5-4-8-22-9-6-10-22;1-6-9-7-4-2-3-5-8(7)10-6/h1-3,7,11-13,17-18,22H,4-6,8-10,14-16,19-21H2,(H,29,31);2-5H,1H3,(H,9,10). The molecule has 2 fully saturated rings. The molecular weight excluding hydrogens is 522 g/mol. The van der Waals surface area contributed by atoms with Crippen LogP contribution in [0.1, 0.15) is 79.5 Å². The lowest BCUT2D eigenvalue weighted by atomic mass is 9.70. The summed E-state index contributed by atoms with van der Waals surface area (Å²) in [4.78, 5) is 41.5. The van der Waals surface area contributed by atoms with E-state index in [1.807, 2.05) is 36.1 Å². The minimum Gasteiger partial charge on any atom is -0.342 e. The van der Waals surface area contributed by atoms with E-state index in [0.29, 0.717) is 13.1 Å². The molecule has 1 aliphatic heterocycles. The van der Waals surface area contributed by atoms with Crippen LogP contribution in [-0.4, -0.2) is 51.6 Å². The average molecular weight is 566 g/mol. The highest BCUT2D eigenvalue weighted by Gasteiger charge is 2.37. The predicted octanol–water partition coefficient (Wildman–Crippen LogP) is 6.85. The van der Waals surface area contributed by atoms with Gasteiger partial charge in [0.25, 0.3) is 11.5 Å². The number of rotatable bonds is 9. The maximum atomic E-state index is 12.9. The second-order valence-electron chi connectivity index (χ2n) is 11.8. The maximum absolute atomic E-state index is 12.9. The number of hydrogen-bond acceptors (Lipinski definition) is 4. The van der Waals surface area contributed by atoms with Gasteiger partial charge in [-0.25, -0.2) is 4.98 Å². The molecule has 6 rings (SSSR count). The van der Waals surface area contributed by atoms with Crippen molar-refractivity contribution < 1.29 is 4.79 Å². The zero-order valence-electron chi connectivity index (χ0n) is 24.7. The maximum Gasteiger partial charge on any atom is 0.260 e. The first kappa shape index (κ1) is 29.5. The molecule has 42 heavy (non-hydrogen) atoms. The molecule has 0 spiro atoms. The summed E-state index contributed by atoms with van der Waals surface area (Å²) in [6.45, 7) is 4.10. The molecule has 2 N–H and O–H groups in total. The van der Waals surface area contributed by atoms with Crippen molar-refractivity contribution >= 4 is 23.2 Å². The molecular formula is C35H43N5O2. The Morgan fingerprint density at radius 3 is 2.52 bits per heavy atom. The van der Waals surface area contributed by atoms with Crippen molar-refractivity contribution in [1.82, 2.24) is 19.9 Å². The van der Waals surface area contributed by atoms with Gasteiger partial charge in [0.15, 0.2) is 0 Å². The van der Waals surface area contributed by atoms with E-state index in [9.17, 15) is 9.59 Å². The van der Waals surface area contributed by atoms with Gasteiger partial charge in [-0.2, -0.15) is 0 Å². The van der Waals surface area contributed by atoms with E-state index in [1.165, 1.54) is 37.7 Å². The summed E-state index contributed by atoms with van der Waals surface area (Å²) in [7, 11) is 0. The lowest BCUT2D eigenvalue weighted by Gasteiger charge is -2.42. The van der Waals surface area contributed by atoms with Crippen molar-refractivity contribution in [3.63, 3.8) is 0 Å². The largest absolute Gasteiger partial charge is 0.342 e. The summed E-state index contributed by atoms with van der Waals surface area (Å²) in [5.74, 6) is 1.78. The van der Waals surface area contributed by atoms with E-state index >= 15 is 0 Å². The fourth-order valence-electron chi connectivity index (χ4n) is 6.19. The molecule has 4 aromatic rings. The molecule has 0 unspecified atom stereocenters. The number of carbonyl (C=O) groups is 1. The fourth-order valence-corrected chi connectivity index (χ4v) is 6.19. The number of pyridine rings is 1. The number of para-hydroxylation sites is 2. The topological polar surface area (TPSA) is 94.2 Å². The number of aryl methyl sites for hydroxylation is 1. The number of amides is 1. The predicted molar refractivity (Wildman–Crippen MR) is 170 cm³/mol. The molecule has 7 heteroatoms. The summed E-state index contributed by atoms with van der Waals surface area (Å²) in [6, 6.07) is 22.0. The smallest absolute Gasteiger partial charge is 0.260 e. The molecule has 3 heterocycles. The number of likely N-dealkylation sites (tertiary alicyclic amines) is 1. The van der Waals surface area contributed by atoms with Crippen molar-refractivity contribution in [2.45, 2.75) is 70.1 Å². The third-order valence-corrected chi connectivity index (χ3v) is 8.97. The molecule has 220 valence electrons. The number of imidazole rings is 1.